The number of nitrogens with zero attached hydrogens (tertiary/aromatic N) is 4. The zero-order chi connectivity index (χ0) is 22.1. The third-order valence-corrected chi connectivity index (χ3v) is 5.86. The number of benzene rings is 1. The SMILES string of the molecule is COCCn1c(SCC(=O)NCCc2ccc(C(C)C)cc2)nnc1-c1ccncc1. The second-order valence-corrected chi connectivity index (χ2v) is 8.41. The van der Waals surface area contributed by atoms with Crippen molar-refractivity contribution in [3.63, 3.8) is 0 Å². The normalized spacial score (nSPS) is 11.1. The van der Waals surface area contributed by atoms with E-state index in [0.29, 0.717) is 30.8 Å². The van der Waals surface area contributed by atoms with Gasteiger partial charge in [0.2, 0.25) is 5.91 Å². The summed E-state index contributed by atoms with van der Waals surface area (Å²) >= 11 is 1.38. The summed E-state index contributed by atoms with van der Waals surface area (Å²) in [6.07, 6.45) is 4.26. The van der Waals surface area contributed by atoms with Crippen LogP contribution in [-0.4, -0.2) is 51.7 Å². The molecule has 8 heteroatoms. The van der Waals surface area contributed by atoms with Crippen molar-refractivity contribution in [2.24, 2.45) is 0 Å². The summed E-state index contributed by atoms with van der Waals surface area (Å²) in [5, 5.41) is 12.3. The number of pyridine rings is 1. The Kier molecular flexibility index (Phi) is 8.61. The molecule has 0 radical (unpaired) electrons. The molecule has 2 heterocycles. The van der Waals surface area contributed by atoms with Gasteiger partial charge in [-0.05, 0) is 35.6 Å². The minimum atomic E-state index is -0.0180. The molecule has 0 bridgehead atoms. The van der Waals surface area contributed by atoms with Crippen LogP contribution in [0.5, 0.6) is 0 Å². The Balaban J connectivity index is 1.53. The van der Waals surface area contributed by atoms with Crippen molar-refractivity contribution < 1.29 is 9.53 Å². The van der Waals surface area contributed by atoms with E-state index in [1.807, 2.05) is 16.7 Å². The maximum absolute atomic E-state index is 12.3. The number of nitrogens with one attached hydrogen (secondary N) is 1. The first-order valence-corrected chi connectivity index (χ1v) is 11.4. The molecular weight excluding hydrogens is 410 g/mol. The first-order valence-electron chi connectivity index (χ1n) is 10.4. The fourth-order valence-electron chi connectivity index (χ4n) is 3.09. The molecule has 0 saturated heterocycles. The standard InChI is InChI=1S/C23H29N5O2S/c1-17(2)19-6-4-18(5-7-19)8-13-25-21(29)16-31-23-27-26-22(28(23)14-15-30-3)20-9-11-24-12-10-20/h4-7,9-12,17H,8,13-16H2,1-3H3,(H,25,29). The average Bonchev–Trinajstić information content (AvgIpc) is 3.20. The summed E-state index contributed by atoms with van der Waals surface area (Å²) in [6.45, 7) is 6.12. The van der Waals surface area contributed by atoms with Crippen molar-refractivity contribution in [1.82, 2.24) is 25.1 Å². The Morgan fingerprint density at radius 3 is 2.55 bits per heavy atom. The smallest absolute Gasteiger partial charge is 0.230 e. The van der Waals surface area contributed by atoms with Crippen molar-refractivity contribution in [3.05, 3.63) is 59.9 Å². The summed E-state index contributed by atoms with van der Waals surface area (Å²) in [7, 11) is 1.66. The molecule has 1 N–H and O–H groups in total. The Hall–Kier alpha value is -2.71. The van der Waals surface area contributed by atoms with Gasteiger partial charge in [0.25, 0.3) is 0 Å². The Labute approximate surface area is 187 Å². The van der Waals surface area contributed by atoms with Crippen LogP contribution >= 0.6 is 11.8 Å². The molecule has 0 fully saturated rings. The van der Waals surface area contributed by atoms with Crippen LogP contribution in [0.25, 0.3) is 11.4 Å². The fraction of sp³-hybridized carbons (Fsp3) is 0.391. The Morgan fingerprint density at radius 2 is 1.87 bits per heavy atom. The van der Waals surface area contributed by atoms with Gasteiger partial charge in [-0.15, -0.1) is 10.2 Å². The van der Waals surface area contributed by atoms with E-state index in [2.05, 4.69) is 58.6 Å². The molecule has 3 aromatic rings. The molecule has 1 aromatic carbocycles. The molecule has 0 aliphatic rings. The lowest BCUT2D eigenvalue weighted by atomic mass is 10.0. The fourth-order valence-corrected chi connectivity index (χ4v) is 3.89. The lowest BCUT2D eigenvalue weighted by Crippen LogP contribution is -2.27. The maximum atomic E-state index is 12.3. The highest BCUT2D eigenvalue weighted by atomic mass is 32.2. The van der Waals surface area contributed by atoms with E-state index >= 15 is 0 Å². The summed E-state index contributed by atoms with van der Waals surface area (Å²) in [5.74, 6) is 1.53. The van der Waals surface area contributed by atoms with Crippen molar-refractivity contribution >= 4 is 17.7 Å². The van der Waals surface area contributed by atoms with E-state index in [1.54, 1.807) is 19.5 Å². The highest BCUT2D eigenvalue weighted by molar-refractivity contribution is 7.99. The second kappa shape index (κ2) is 11.6. The number of methoxy groups -OCH3 is 1. The van der Waals surface area contributed by atoms with Gasteiger partial charge in [-0.2, -0.15) is 0 Å². The van der Waals surface area contributed by atoms with Gasteiger partial charge in [0.1, 0.15) is 0 Å². The summed E-state index contributed by atoms with van der Waals surface area (Å²) in [6, 6.07) is 12.4. The van der Waals surface area contributed by atoms with E-state index in [-0.39, 0.29) is 11.7 Å². The molecule has 7 nitrogen and oxygen atoms in total. The van der Waals surface area contributed by atoms with Gasteiger partial charge in [-0.25, -0.2) is 0 Å². The number of amides is 1. The predicted octanol–water partition coefficient (Wildman–Crippen LogP) is 3.56. The predicted molar refractivity (Wildman–Crippen MR) is 123 cm³/mol. The number of carbonyl (C=O) groups is 1. The number of aromatic nitrogens is 4. The molecule has 0 spiro atoms. The molecule has 0 atom stereocenters. The number of ether oxygens (including phenoxy) is 1. The van der Waals surface area contributed by atoms with Crippen molar-refractivity contribution in [2.75, 3.05) is 26.0 Å². The van der Waals surface area contributed by atoms with Gasteiger partial charge in [0.15, 0.2) is 11.0 Å². The van der Waals surface area contributed by atoms with Crippen LogP contribution in [0, 0.1) is 0 Å². The quantitative estimate of drug-likeness (QED) is 0.460. The Bertz CT molecular complexity index is 958. The molecule has 0 unspecified atom stereocenters. The lowest BCUT2D eigenvalue weighted by molar-refractivity contribution is -0.118. The van der Waals surface area contributed by atoms with Crippen LogP contribution in [0.1, 0.15) is 30.9 Å². The minimum absolute atomic E-state index is 0.0180. The minimum Gasteiger partial charge on any atom is -0.383 e. The van der Waals surface area contributed by atoms with Crippen molar-refractivity contribution in [1.29, 1.82) is 0 Å². The van der Waals surface area contributed by atoms with E-state index in [9.17, 15) is 4.79 Å². The number of carbonyl (C=O) groups excluding carboxylic acids is 1. The van der Waals surface area contributed by atoms with Gasteiger partial charge >= 0.3 is 0 Å². The monoisotopic (exact) mass is 439 g/mol. The van der Waals surface area contributed by atoms with Gasteiger partial charge in [-0.3, -0.25) is 14.3 Å². The molecule has 164 valence electrons. The summed E-state index contributed by atoms with van der Waals surface area (Å²) in [4.78, 5) is 16.4. The maximum Gasteiger partial charge on any atom is 0.230 e. The molecule has 0 aliphatic carbocycles. The van der Waals surface area contributed by atoms with Crippen LogP contribution in [0.15, 0.2) is 53.9 Å². The van der Waals surface area contributed by atoms with E-state index in [0.717, 1.165) is 17.8 Å². The average molecular weight is 440 g/mol. The molecule has 0 saturated carbocycles. The zero-order valence-corrected chi connectivity index (χ0v) is 19.1. The van der Waals surface area contributed by atoms with Crippen LogP contribution in [0.3, 0.4) is 0 Å². The number of thioether (sulfide) groups is 1. The molecular formula is C23H29N5O2S. The highest BCUT2D eigenvalue weighted by Gasteiger charge is 2.15. The van der Waals surface area contributed by atoms with Gasteiger partial charge in [-0.1, -0.05) is 49.9 Å². The number of rotatable bonds is 11. The second-order valence-electron chi connectivity index (χ2n) is 7.47. The Morgan fingerprint density at radius 1 is 1.13 bits per heavy atom. The summed E-state index contributed by atoms with van der Waals surface area (Å²) < 4.78 is 7.20. The zero-order valence-electron chi connectivity index (χ0n) is 18.2. The lowest BCUT2D eigenvalue weighted by Gasteiger charge is -2.10. The molecule has 1 amide bonds. The third kappa shape index (κ3) is 6.63. The van der Waals surface area contributed by atoms with E-state index in [4.69, 9.17) is 4.74 Å². The van der Waals surface area contributed by atoms with Crippen LogP contribution < -0.4 is 5.32 Å². The molecule has 2 aromatic heterocycles. The van der Waals surface area contributed by atoms with Crippen molar-refractivity contribution in [3.8, 4) is 11.4 Å². The number of hydrogen-bond donors (Lipinski definition) is 1. The van der Waals surface area contributed by atoms with Gasteiger partial charge in [0, 0.05) is 31.6 Å². The van der Waals surface area contributed by atoms with E-state index in [1.165, 1.54) is 22.9 Å². The van der Waals surface area contributed by atoms with Crippen LogP contribution in [0.4, 0.5) is 0 Å². The third-order valence-electron chi connectivity index (χ3n) is 4.89. The van der Waals surface area contributed by atoms with E-state index < -0.39 is 0 Å². The summed E-state index contributed by atoms with van der Waals surface area (Å²) in [5.41, 5.74) is 3.48. The van der Waals surface area contributed by atoms with Crippen LogP contribution in [-0.2, 0) is 22.5 Å². The first-order chi connectivity index (χ1) is 15.1. The molecule has 0 aliphatic heterocycles. The molecule has 3 rings (SSSR count). The highest BCUT2D eigenvalue weighted by Crippen LogP contribution is 2.23. The number of hydrogen-bond acceptors (Lipinski definition) is 6. The van der Waals surface area contributed by atoms with Gasteiger partial charge in [0.05, 0.1) is 18.9 Å². The van der Waals surface area contributed by atoms with Gasteiger partial charge < -0.3 is 10.1 Å². The largest absolute Gasteiger partial charge is 0.383 e. The molecule has 31 heavy (non-hydrogen) atoms. The van der Waals surface area contributed by atoms with Crippen LogP contribution in [0.2, 0.25) is 0 Å². The topological polar surface area (TPSA) is 81.9 Å². The first kappa shape index (κ1) is 23.0. The van der Waals surface area contributed by atoms with Crippen molar-refractivity contribution in [2.45, 2.75) is 37.9 Å².